The Morgan fingerprint density at radius 2 is 1.36 bits per heavy atom. The summed E-state index contributed by atoms with van der Waals surface area (Å²) in [6.07, 6.45) is 5.94. The number of carbonyl (C=O) groups is 4. The van der Waals surface area contributed by atoms with Crippen LogP contribution in [0.2, 0.25) is 0 Å². The standard InChI is InChI=1S/C36H41NO5/c1-36(2,3)30-19-17-27(18-20-30)32(38)23-31(26-11-15-29(16-12-26)35(42)37-22-21-33(39)40)34(41)28-13-9-25(10-14-28)24-7-5-4-6-8-24/h9-20,24,31H,4-8,21-23H2,1-3H3,(H,37,42)(H,39,40). The molecular formula is C36H41NO5. The lowest BCUT2D eigenvalue weighted by atomic mass is 9.82. The van der Waals surface area contributed by atoms with Crippen LogP contribution < -0.4 is 5.32 Å². The smallest absolute Gasteiger partial charge is 0.305 e. The number of Topliss-reactive ketones (excluding diaryl/α,β-unsaturated/α-hetero) is 2. The van der Waals surface area contributed by atoms with Gasteiger partial charge in [-0.2, -0.15) is 0 Å². The van der Waals surface area contributed by atoms with Gasteiger partial charge in [-0.1, -0.05) is 101 Å². The van der Waals surface area contributed by atoms with Crippen molar-refractivity contribution in [3.8, 4) is 0 Å². The van der Waals surface area contributed by atoms with Gasteiger partial charge in [0.2, 0.25) is 0 Å². The summed E-state index contributed by atoms with van der Waals surface area (Å²) in [6, 6.07) is 22.1. The Morgan fingerprint density at radius 3 is 1.93 bits per heavy atom. The molecule has 1 atom stereocenters. The molecule has 0 spiro atoms. The molecule has 220 valence electrons. The number of carbonyl (C=O) groups excluding carboxylic acids is 3. The van der Waals surface area contributed by atoms with Crippen LogP contribution >= 0.6 is 0 Å². The maximum absolute atomic E-state index is 13.9. The maximum atomic E-state index is 13.9. The third kappa shape index (κ3) is 8.03. The number of carboxylic acid groups (broad SMARTS) is 1. The molecule has 4 rings (SSSR count). The Kier molecular flexibility index (Phi) is 10.1. The van der Waals surface area contributed by atoms with Crippen molar-refractivity contribution < 1.29 is 24.3 Å². The van der Waals surface area contributed by atoms with Gasteiger partial charge in [0.15, 0.2) is 11.6 Å². The highest BCUT2D eigenvalue weighted by atomic mass is 16.4. The molecule has 1 aliphatic carbocycles. The zero-order chi connectivity index (χ0) is 30.3. The number of benzene rings is 3. The summed E-state index contributed by atoms with van der Waals surface area (Å²) in [5.41, 5.74) is 4.48. The Labute approximate surface area is 248 Å². The van der Waals surface area contributed by atoms with Crippen molar-refractivity contribution in [1.29, 1.82) is 0 Å². The first-order valence-electron chi connectivity index (χ1n) is 14.9. The van der Waals surface area contributed by atoms with Gasteiger partial charge in [-0.3, -0.25) is 19.2 Å². The van der Waals surface area contributed by atoms with Gasteiger partial charge >= 0.3 is 5.97 Å². The lowest BCUT2D eigenvalue weighted by molar-refractivity contribution is -0.136. The van der Waals surface area contributed by atoms with Crippen LogP contribution in [-0.2, 0) is 10.2 Å². The van der Waals surface area contributed by atoms with Crippen LogP contribution in [0.3, 0.4) is 0 Å². The first-order valence-corrected chi connectivity index (χ1v) is 14.9. The number of aliphatic carboxylic acids is 1. The van der Waals surface area contributed by atoms with E-state index in [9.17, 15) is 19.2 Å². The minimum absolute atomic E-state index is 0.00221. The van der Waals surface area contributed by atoms with Gasteiger partial charge in [-0.15, -0.1) is 0 Å². The van der Waals surface area contributed by atoms with E-state index in [-0.39, 0.29) is 42.3 Å². The van der Waals surface area contributed by atoms with Crippen molar-refractivity contribution in [2.45, 2.75) is 83.0 Å². The predicted molar refractivity (Wildman–Crippen MR) is 164 cm³/mol. The number of ketones is 2. The molecular weight excluding hydrogens is 526 g/mol. The SMILES string of the molecule is CC(C)(C)c1ccc(C(=O)CC(C(=O)c2ccc(C3CCCCC3)cc2)c2ccc(C(=O)NCCC(=O)O)cc2)cc1. The zero-order valence-electron chi connectivity index (χ0n) is 24.8. The van der Waals surface area contributed by atoms with Crippen LogP contribution in [0.15, 0.2) is 72.8 Å². The summed E-state index contributed by atoms with van der Waals surface area (Å²) in [7, 11) is 0. The van der Waals surface area contributed by atoms with E-state index in [1.54, 1.807) is 24.3 Å². The molecule has 0 bridgehead atoms. The molecule has 0 radical (unpaired) electrons. The molecule has 2 N–H and O–H groups in total. The van der Waals surface area contributed by atoms with E-state index >= 15 is 0 Å². The van der Waals surface area contributed by atoms with Gasteiger partial charge < -0.3 is 10.4 Å². The van der Waals surface area contributed by atoms with Crippen molar-refractivity contribution in [3.63, 3.8) is 0 Å². The van der Waals surface area contributed by atoms with Crippen LogP contribution in [0.25, 0.3) is 0 Å². The zero-order valence-corrected chi connectivity index (χ0v) is 24.8. The summed E-state index contributed by atoms with van der Waals surface area (Å²) < 4.78 is 0. The third-order valence-corrected chi connectivity index (χ3v) is 8.25. The fourth-order valence-corrected chi connectivity index (χ4v) is 5.63. The van der Waals surface area contributed by atoms with E-state index in [1.807, 2.05) is 36.4 Å². The number of rotatable bonds is 11. The molecule has 6 heteroatoms. The highest BCUT2D eigenvalue weighted by molar-refractivity contribution is 6.06. The van der Waals surface area contributed by atoms with Gasteiger partial charge in [0, 0.05) is 29.7 Å². The average molecular weight is 568 g/mol. The maximum Gasteiger partial charge on any atom is 0.305 e. The summed E-state index contributed by atoms with van der Waals surface area (Å²) in [5.74, 6) is -1.82. The van der Waals surface area contributed by atoms with Crippen molar-refractivity contribution in [1.82, 2.24) is 5.32 Å². The molecule has 1 amide bonds. The van der Waals surface area contributed by atoms with Crippen molar-refractivity contribution >= 4 is 23.4 Å². The summed E-state index contributed by atoms with van der Waals surface area (Å²) >= 11 is 0. The monoisotopic (exact) mass is 567 g/mol. The fourth-order valence-electron chi connectivity index (χ4n) is 5.63. The Bertz CT molecular complexity index is 1390. The first-order chi connectivity index (χ1) is 20.0. The topological polar surface area (TPSA) is 101 Å². The van der Waals surface area contributed by atoms with Crippen LogP contribution in [0.1, 0.15) is 125 Å². The second kappa shape index (κ2) is 13.7. The third-order valence-electron chi connectivity index (χ3n) is 8.25. The summed E-state index contributed by atoms with van der Waals surface area (Å²) in [6.45, 7) is 6.38. The second-order valence-electron chi connectivity index (χ2n) is 12.4. The highest BCUT2D eigenvalue weighted by Gasteiger charge is 2.27. The largest absolute Gasteiger partial charge is 0.481 e. The Balaban J connectivity index is 1.57. The normalized spacial score (nSPS) is 14.6. The second-order valence-corrected chi connectivity index (χ2v) is 12.4. The number of amides is 1. The lowest BCUT2D eigenvalue weighted by Gasteiger charge is -2.22. The molecule has 1 saturated carbocycles. The van der Waals surface area contributed by atoms with Gasteiger partial charge in [-0.25, -0.2) is 0 Å². The van der Waals surface area contributed by atoms with Crippen LogP contribution in [0.4, 0.5) is 0 Å². The molecule has 0 saturated heterocycles. The molecule has 3 aromatic rings. The predicted octanol–water partition coefficient (Wildman–Crippen LogP) is 7.48. The number of hydrogen-bond acceptors (Lipinski definition) is 4. The van der Waals surface area contributed by atoms with E-state index in [0.29, 0.717) is 28.2 Å². The number of hydrogen-bond donors (Lipinski definition) is 2. The van der Waals surface area contributed by atoms with E-state index in [4.69, 9.17) is 5.11 Å². The molecule has 0 aromatic heterocycles. The van der Waals surface area contributed by atoms with Crippen LogP contribution in [0, 0.1) is 0 Å². The molecule has 1 unspecified atom stereocenters. The molecule has 1 fully saturated rings. The quantitative estimate of drug-likeness (QED) is 0.234. The lowest BCUT2D eigenvalue weighted by Crippen LogP contribution is -2.26. The first kappa shape index (κ1) is 30.9. The van der Waals surface area contributed by atoms with Gasteiger partial charge in [0.1, 0.15) is 0 Å². The van der Waals surface area contributed by atoms with Crippen LogP contribution in [-0.4, -0.2) is 35.1 Å². The Hall–Kier alpha value is -4.06. The number of nitrogens with one attached hydrogen (secondary N) is 1. The highest BCUT2D eigenvalue weighted by Crippen LogP contribution is 2.34. The minimum Gasteiger partial charge on any atom is -0.481 e. The van der Waals surface area contributed by atoms with Gasteiger partial charge in [0.05, 0.1) is 12.3 Å². The van der Waals surface area contributed by atoms with Crippen LogP contribution in [0.5, 0.6) is 0 Å². The van der Waals surface area contributed by atoms with E-state index in [2.05, 4.69) is 38.2 Å². The van der Waals surface area contributed by atoms with E-state index in [1.165, 1.54) is 37.7 Å². The molecule has 0 aliphatic heterocycles. The van der Waals surface area contributed by atoms with Gasteiger partial charge in [0.25, 0.3) is 5.91 Å². The molecule has 42 heavy (non-hydrogen) atoms. The minimum atomic E-state index is -0.989. The van der Waals surface area contributed by atoms with E-state index in [0.717, 1.165) is 5.56 Å². The molecule has 0 heterocycles. The Morgan fingerprint density at radius 1 is 0.786 bits per heavy atom. The summed E-state index contributed by atoms with van der Waals surface area (Å²) in [5, 5.41) is 11.4. The molecule has 1 aliphatic rings. The van der Waals surface area contributed by atoms with E-state index < -0.39 is 11.9 Å². The van der Waals surface area contributed by atoms with Crippen molar-refractivity contribution in [2.24, 2.45) is 0 Å². The molecule has 3 aromatic carbocycles. The van der Waals surface area contributed by atoms with Crippen molar-refractivity contribution in [3.05, 3.63) is 106 Å². The number of carboxylic acids is 1. The van der Waals surface area contributed by atoms with Crippen molar-refractivity contribution in [2.75, 3.05) is 6.54 Å². The summed E-state index contributed by atoms with van der Waals surface area (Å²) in [4.78, 5) is 50.6. The fraction of sp³-hybridized carbons (Fsp3) is 0.389. The average Bonchev–Trinajstić information content (AvgIpc) is 2.99. The molecule has 6 nitrogen and oxygen atoms in total. The van der Waals surface area contributed by atoms with Gasteiger partial charge in [-0.05, 0) is 53.0 Å².